The molecule has 27 heavy (non-hydrogen) atoms. The van der Waals surface area contributed by atoms with Crippen molar-refractivity contribution in [3.63, 3.8) is 0 Å². The highest BCUT2D eigenvalue weighted by Gasteiger charge is 2.10. The Morgan fingerprint density at radius 2 is 1.59 bits per heavy atom. The largest absolute Gasteiger partial charge is 0.379 e. The number of anilines is 1. The lowest BCUT2D eigenvalue weighted by atomic mass is 10.0. The van der Waals surface area contributed by atoms with Crippen molar-refractivity contribution < 1.29 is 19.0 Å². The smallest absolute Gasteiger partial charge is 0.166 e. The number of ketones is 1. The number of hydrogen-bond donors (Lipinski definition) is 1. The molecule has 0 aliphatic heterocycles. The highest BCUT2D eigenvalue weighted by atomic mass is 16.5. The third-order valence-corrected chi connectivity index (χ3v) is 3.94. The van der Waals surface area contributed by atoms with Crippen molar-refractivity contribution in [1.82, 2.24) is 4.98 Å². The first-order chi connectivity index (χ1) is 13.0. The van der Waals surface area contributed by atoms with E-state index >= 15 is 0 Å². The average Bonchev–Trinajstić information content (AvgIpc) is 2.65. The van der Waals surface area contributed by atoms with Gasteiger partial charge < -0.3 is 19.5 Å². The van der Waals surface area contributed by atoms with Gasteiger partial charge in [0.15, 0.2) is 5.78 Å². The zero-order chi connectivity index (χ0) is 19.9. The Kier molecular flexibility index (Phi) is 12.7. The highest BCUT2D eigenvalue weighted by Crippen LogP contribution is 2.10. The molecule has 1 rings (SSSR count). The molecule has 0 unspecified atom stereocenters. The Bertz CT molecular complexity index is 503. The molecule has 6 nitrogen and oxygen atoms in total. The van der Waals surface area contributed by atoms with Crippen LogP contribution in [0, 0.1) is 11.8 Å². The summed E-state index contributed by atoms with van der Waals surface area (Å²) in [4.78, 5) is 16.1. The third kappa shape index (κ3) is 11.7. The number of ether oxygens (including phenoxy) is 3. The summed E-state index contributed by atoms with van der Waals surface area (Å²) >= 11 is 0. The summed E-state index contributed by atoms with van der Waals surface area (Å²) < 4.78 is 16.5. The number of carbonyl (C=O) groups excluding carboxylic acids is 1. The number of nitrogens with zero attached hydrogens (tertiary/aromatic N) is 1. The Morgan fingerprint density at radius 1 is 0.963 bits per heavy atom. The summed E-state index contributed by atoms with van der Waals surface area (Å²) in [6, 6.07) is 3.62. The van der Waals surface area contributed by atoms with Gasteiger partial charge >= 0.3 is 0 Å². The molecule has 0 aliphatic carbocycles. The number of Topliss-reactive ketones (excluding diaryl/α,β-unsaturated/α-hetero) is 1. The first-order valence-corrected chi connectivity index (χ1v) is 9.98. The van der Waals surface area contributed by atoms with Gasteiger partial charge in [-0.3, -0.25) is 4.79 Å². The average molecular weight is 381 g/mol. The molecule has 154 valence electrons. The lowest BCUT2D eigenvalue weighted by Gasteiger charge is -2.09. The van der Waals surface area contributed by atoms with Gasteiger partial charge in [-0.25, -0.2) is 4.98 Å². The summed E-state index contributed by atoms with van der Waals surface area (Å²) in [5, 5.41) is 3.17. The van der Waals surface area contributed by atoms with Crippen LogP contribution < -0.4 is 5.32 Å². The summed E-state index contributed by atoms with van der Waals surface area (Å²) in [6.07, 6.45) is 3.93. The van der Waals surface area contributed by atoms with Gasteiger partial charge in [-0.2, -0.15) is 0 Å². The third-order valence-electron chi connectivity index (χ3n) is 3.94. The van der Waals surface area contributed by atoms with E-state index in [4.69, 9.17) is 14.2 Å². The van der Waals surface area contributed by atoms with Crippen molar-refractivity contribution in [1.29, 1.82) is 0 Å². The summed E-state index contributed by atoms with van der Waals surface area (Å²) in [5.41, 5.74) is 0.646. The summed E-state index contributed by atoms with van der Waals surface area (Å²) in [7, 11) is 0. The monoisotopic (exact) mass is 380 g/mol. The second-order valence-corrected chi connectivity index (χ2v) is 7.25. The van der Waals surface area contributed by atoms with E-state index in [9.17, 15) is 4.79 Å². The zero-order valence-electron chi connectivity index (χ0n) is 17.3. The van der Waals surface area contributed by atoms with Crippen molar-refractivity contribution in [2.24, 2.45) is 11.8 Å². The first kappa shape index (κ1) is 23.5. The Hall–Kier alpha value is -1.50. The molecule has 0 fully saturated rings. The van der Waals surface area contributed by atoms with E-state index in [1.165, 1.54) is 6.42 Å². The van der Waals surface area contributed by atoms with Crippen LogP contribution >= 0.6 is 0 Å². The minimum absolute atomic E-state index is 0.0161. The van der Waals surface area contributed by atoms with E-state index < -0.39 is 0 Å². The predicted molar refractivity (Wildman–Crippen MR) is 108 cm³/mol. The predicted octanol–water partition coefficient (Wildman–Crippen LogP) is 3.82. The van der Waals surface area contributed by atoms with Gasteiger partial charge in [-0.15, -0.1) is 0 Å². The zero-order valence-corrected chi connectivity index (χ0v) is 17.3. The van der Waals surface area contributed by atoms with Crippen LogP contribution in [0.4, 0.5) is 5.82 Å². The first-order valence-electron chi connectivity index (χ1n) is 9.98. The van der Waals surface area contributed by atoms with Gasteiger partial charge in [0.1, 0.15) is 5.82 Å². The van der Waals surface area contributed by atoms with Crippen LogP contribution in [0.25, 0.3) is 0 Å². The van der Waals surface area contributed by atoms with Crippen LogP contribution in [0.15, 0.2) is 18.3 Å². The number of aromatic nitrogens is 1. The normalized spacial score (nSPS) is 11.3. The van der Waals surface area contributed by atoms with Crippen molar-refractivity contribution in [3.05, 3.63) is 23.9 Å². The number of carbonyl (C=O) groups is 1. The minimum atomic E-state index is -0.0161. The van der Waals surface area contributed by atoms with Gasteiger partial charge in [0, 0.05) is 30.8 Å². The van der Waals surface area contributed by atoms with Crippen molar-refractivity contribution in [2.45, 2.75) is 40.5 Å². The van der Waals surface area contributed by atoms with E-state index in [1.54, 1.807) is 12.3 Å². The molecule has 6 heteroatoms. The van der Waals surface area contributed by atoms with Crippen LogP contribution in [0.3, 0.4) is 0 Å². The summed E-state index contributed by atoms with van der Waals surface area (Å²) in [5.74, 6) is 1.57. The van der Waals surface area contributed by atoms with Crippen LogP contribution in [0.5, 0.6) is 0 Å². The molecule has 0 spiro atoms. The molecule has 0 aromatic carbocycles. The standard InChI is InChI=1S/C21H36N2O4/c1-17(2)6-5-10-25-12-14-27-15-13-26-11-9-22-20-8-7-19(16-23-20)21(24)18(3)4/h7-8,16-18H,5-6,9-15H2,1-4H3,(H,22,23). The van der Waals surface area contributed by atoms with Crippen LogP contribution in [-0.4, -0.2) is 57.0 Å². The van der Waals surface area contributed by atoms with Crippen molar-refractivity contribution in [3.8, 4) is 0 Å². The maximum absolute atomic E-state index is 11.9. The molecule has 0 aliphatic rings. The molecule has 1 heterocycles. The van der Waals surface area contributed by atoms with E-state index in [0.717, 1.165) is 24.8 Å². The molecule has 1 aromatic rings. The lowest BCUT2D eigenvalue weighted by molar-refractivity contribution is 0.0154. The number of rotatable bonds is 16. The molecule has 0 amide bonds. The molecule has 1 aromatic heterocycles. The molecule has 0 saturated heterocycles. The fourth-order valence-electron chi connectivity index (χ4n) is 2.36. The topological polar surface area (TPSA) is 69.7 Å². The fourth-order valence-corrected chi connectivity index (χ4v) is 2.36. The molecule has 1 N–H and O–H groups in total. The molecular formula is C21H36N2O4. The second-order valence-electron chi connectivity index (χ2n) is 7.25. The fraction of sp³-hybridized carbons (Fsp3) is 0.714. The number of hydrogen-bond acceptors (Lipinski definition) is 6. The molecule has 0 saturated carbocycles. The second kappa shape index (κ2) is 14.5. The quantitative estimate of drug-likeness (QED) is 0.347. The molecule has 0 atom stereocenters. The lowest BCUT2D eigenvalue weighted by Crippen LogP contribution is -2.14. The van der Waals surface area contributed by atoms with Gasteiger partial charge in [-0.05, 0) is 30.9 Å². The molecular weight excluding hydrogens is 344 g/mol. The van der Waals surface area contributed by atoms with Crippen LogP contribution in [0.1, 0.15) is 50.9 Å². The van der Waals surface area contributed by atoms with E-state index in [-0.39, 0.29) is 11.7 Å². The summed E-state index contributed by atoms with van der Waals surface area (Å²) in [6.45, 7) is 12.6. The van der Waals surface area contributed by atoms with E-state index in [2.05, 4.69) is 24.1 Å². The Labute approximate surface area is 164 Å². The minimum Gasteiger partial charge on any atom is -0.379 e. The Balaban J connectivity index is 1.94. The highest BCUT2D eigenvalue weighted by molar-refractivity contribution is 5.97. The molecule has 0 bridgehead atoms. The Morgan fingerprint density at radius 3 is 2.15 bits per heavy atom. The SMILES string of the molecule is CC(C)CCCOCCOCCOCCNc1ccc(C(=O)C(C)C)cn1. The number of nitrogens with one attached hydrogen (secondary N) is 1. The van der Waals surface area contributed by atoms with Gasteiger partial charge in [0.25, 0.3) is 0 Å². The van der Waals surface area contributed by atoms with Gasteiger partial charge in [-0.1, -0.05) is 27.7 Å². The van der Waals surface area contributed by atoms with E-state index in [0.29, 0.717) is 45.1 Å². The maximum atomic E-state index is 11.9. The van der Waals surface area contributed by atoms with E-state index in [1.807, 2.05) is 19.9 Å². The van der Waals surface area contributed by atoms with Gasteiger partial charge in [0.05, 0.1) is 33.0 Å². The van der Waals surface area contributed by atoms with Crippen molar-refractivity contribution in [2.75, 3.05) is 51.5 Å². The molecule has 0 radical (unpaired) electrons. The maximum Gasteiger partial charge on any atom is 0.166 e. The van der Waals surface area contributed by atoms with Crippen molar-refractivity contribution >= 4 is 11.6 Å². The van der Waals surface area contributed by atoms with Crippen LogP contribution in [0.2, 0.25) is 0 Å². The van der Waals surface area contributed by atoms with Crippen LogP contribution in [-0.2, 0) is 14.2 Å². The number of pyridine rings is 1. The van der Waals surface area contributed by atoms with Gasteiger partial charge in [0.2, 0.25) is 0 Å².